The van der Waals surface area contributed by atoms with Gasteiger partial charge in [0.25, 0.3) is 0 Å². The lowest BCUT2D eigenvalue weighted by Gasteiger charge is -2.10. The molecule has 12 heterocycles. The summed E-state index contributed by atoms with van der Waals surface area (Å²) in [6.45, 7) is 69.8. The minimum Gasteiger partial charge on any atom is -0.482 e. The van der Waals surface area contributed by atoms with Gasteiger partial charge in [-0.05, 0) is 94.3 Å². The second-order valence-corrected chi connectivity index (χ2v) is 16.9. The molecule has 90 heavy (non-hydrogen) atoms. The third-order valence-electron chi connectivity index (χ3n) is 8.92. The van der Waals surface area contributed by atoms with Crippen LogP contribution in [0.1, 0.15) is 250 Å². The van der Waals surface area contributed by atoms with Gasteiger partial charge in [-0.3, -0.25) is 15.3 Å². The quantitative estimate of drug-likeness (QED) is 0.143. The summed E-state index contributed by atoms with van der Waals surface area (Å²) in [4.78, 5) is 12.1. The molecule has 12 aliphatic heterocycles. The number of rotatable bonds is 0. The smallest absolute Gasteiger partial charge is 0.169 e. The van der Waals surface area contributed by atoms with Gasteiger partial charge >= 0.3 is 0 Å². The minimum absolute atomic E-state index is 0.500. The number of piperidine rings is 1. The van der Waals surface area contributed by atoms with E-state index < -0.39 is 0 Å². The van der Waals surface area contributed by atoms with Crippen LogP contribution in [0, 0.1) is 0 Å². The number of hydrogen-bond acceptors (Lipinski definition) is 21. The van der Waals surface area contributed by atoms with Gasteiger partial charge in [0.15, 0.2) is 6.40 Å². The number of nitrogens with zero attached hydrogens (tertiary/aromatic N) is 5. The number of nitrogens with one attached hydrogen (secondary N) is 5. The van der Waals surface area contributed by atoms with Gasteiger partial charge < -0.3 is 64.1 Å². The fourth-order valence-corrected chi connectivity index (χ4v) is 6.92. The summed E-state index contributed by atoms with van der Waals surface area (Å²) in [7, 11) is 0. The fourth-order valence-electron chi connectivity index (χ4n) is 5.37. The number of hydrazone groups is 1. The van der Waals surface area contributed by atoms with E-state index in [1.54, 1.807) is 24.5 Å². The Bertz CT molecular complexity index is 785. The number of ether oxygens (including phenoxy) is 8. The Labute approximate surface area is 571 Å². The highest BCUT2D eigenvalue weighted by molar-refractivity contribution is 7.99. The average Bonchev–Trinajstić information content (AvgIpc) is 4.55. The van der Waals surface area contributed by atoms with Gasteiger partial charge in [0.1, 0.15) is 20.0 Å². The highest BCUT2D eigenvalue weighted by atomic mass is 32.2. The van der Waals surface area contributed by atoms with Crippen LogP contribution in [0.2, 0.25) is 0 Å². The molecular formula is C69H162N10O9S2. The van der Waals surface area contributed by atoms with E-state index in [2.05, 4.69) is 72.7 Å². The van der Waals surface area contributed by atoms with Crippen LogP contribution in [-0.2, 0) is 42.7 Å². The summed E-state index contributed by atoms with van der Waals surface area (Å²) in [6, 6.07) is 0. The molecule has 5 N–H and O–H groups in total. The number of hydrogen-bond donors (Lipinski definition) is 5. The van der Waals surface area contributed by atoms with Gasteiger partial charge in [0, 0.05) is 83.2 Å². The lowest BCUT2D eigenvalue weighted by Crippen LogP contribution is -2.30. The Morgan fingerprint density at radius 3 is 0.967 bits per heavy atom. The number of oxime groups is 1. The molecule has 0 aromatic heterocycles. The van der Waals surface area contributed by atoms with Crippen LogP contribution < -0.4 is 26.7 Å². The number of thioether (sulfide) groups is 1. The van der Waals surface area contributed by atoms with Crippen LogP contribution in [0.15, 0.2) is 24.6 Å². The van der Waals surface area contributed by atoms with Crippen LogP contribution in [0.25, 0.3) is 0 Å². The van der Waals surface area contributed by atoms with Crippen molar-refractivity contribution in [3.05, 3.63) is 0 Å². The molecule has 12 aliphatic rings. The maximum atomic E-state index is 5.07. The largest absolute Gasteiger partial charge is 0.482 e. The molecule has 21 heteroatoms. The van der Waals surface area contributed by atoms with Crippen LogP contribution in [0.4, 0.5) is 0 Å². The van der Waals surface area contributed by atoms with Crippen LogP contribution in [-0.4, -0.2) is 207 Å². The molecule has 0 radical (unpaired) electrons. The molecule has 0 unspecified atom stereocenters. The van der Waals surface area contributed by atoms with Crippen molar-refractivity contribution in [2.24, 2.45) is 24.6 Å². The molecular weight excluding hydrogens is 1180 g/mol. The van der Waals surface area contributed by atoms with E-state index in [1.165, 1.54) is 101 Å². The molecule has 0 atom stereocenters. The molecule has 7 fully saturated rings. The maximum absolute atomic E-state index is 5.07. The summed E-state index contributed by atoms with van der Waals surface area (Å²) >= 11 is 3.74. The van der Waals surface area contributed by atoms with Crippen molar-refractivity contribution in [2.75, 3.05) is 176 Å². The molecule has 0 saturated carbocycles. The molecule has 0 aromatic rings. The third kappa shape index (κ3) is 152. The van der Waals surface area contributed by atoms with Crippen molar-refractivity contribution >= 4 is 55.1 Å². The van der Waals surface area contributed by atoms with E-state index >= 15 is 0 Å². The van der Waals surface area contributed by atoms with Gasteiger partial charge in [0.2, 0.25) is 0 Å². The summed E-state index contributed by atoms with van der Waals surface area (Å²) < 4.78 is 43.0. The first-order chi connectivity index (χ1) is 45.0. The van der Waals surface area contributed by atoms with Crippen LogP contribution >= 0.6 is 23.7 Å². The third-order valence-corrected chi connectivity index (χ3v) is 10.8. The summed E-state index contributed by atoms with van der Waals surface area (Å²) in [6.07, 6.45) is 25.7. The normalized spacial score (nSPS) is 17.2. The van der Waals surface area contributed by atoms with Gasteiger partial charge in [-0.1, -0.05) is 184 Å². The highest BCUT2D eigenvalue weighted by Gasteiger charge is 1.98. The maximum Gasteiger partial charge on any atom is 0.169 e. The van der Waals surface area contributed by atoms with E-state index in [1.807, 2.05) is 179 Å². The van der Waals surface area contributed by atoms with Crippen molar-refractivity contribution in [1.29, 1.82) is 0 Å². The standard InChI is InChI=1S/C5H11N.C5H10O.C5H10S.C4H9NO.2C4H8O2.2C3H6N2.C3H7NO.2C3H5NO.C3H5NS.12C2H6/c3*1-2-4-6-5-3-1;1-3-6-4-2-5-1;1-2-6-4-3-5-1;1-2-5-4-6-3-1;1-2-5-3-4-1;1-2-4-5-3-1;2*1-2-5-3-4-1;2*1-2-4-5-3-1;12*1-2/h6H,1-5H2;2*1-5H2;5H,1-4H2;2*1-4H2;3H,1-2H2,(H,4,5);2,5H,1,3H2;4H,1-3H2;3H,1-2H2;2*2H,1,3H2;12*1-2H3. The van der Waals surface area contributed by atoms with Gasteiger partial charge in [-0.2, -0.15) is 16.9 Å². The Hall–Kier alpha value is -2.15. The van der Waals surface area contributed by atoms with E-state index in [0.29, 0.717) is 6.79 Å². The molecule has 19 nitrogen and oxygen atoms in total. The average molecular weight is 1340 g/mol. The second-order valence-electron chi connectivity index (χ2n) is 14.8. The zero-order valence-electron chi connectivity index (χ0n) is 64.4. The van der Waals surface area contributed by atoms with E-state index in [0.717, 1.165) is 158 Å². The SMILES string of the molecule is C1=NCCN1.C1=NCCO1.C1=NNCC1.C1=NOCC1.C1=NSCC1.C1CCNCC1.C1CCOCC1.C1CCSCC1.C1COCCN1.C1COCCO1.C1COCN1.C1COCOC1.CC.CC.CC.CC.CC.CC.CC.CC.CC.CC.CC.CC. The second kappa shape index (κ2) is 157. The Balaban J connectivity index is -0.0000000716. The van der Waals surface area contributed by atoms with E-state index in [-0.39, 0.29) is 0 Å². The molecule has 0 spiro atoms. The molecule has 12 rings (SSSR count). The van der Waals surface area contributed by atoms with Crippen LogP contribution in [0.3, 0.4) is 0 Å². The lowest BCUT2D eigenvalue weighted by molar-refractivity contribution is -0.0963. The predicted octanol–water partition coefficient (Wildman–Crippen LogP) is 16.9. The van der Waals surface area contributed by atoms with E-state index in [9.17, 15) is 0 Å². The molecule has 0 aromatic carbocycles. The molecule has 0 aliphatic carbocycles. The lowest BCUT2D eigenvalue weighted by atomic mass is 10.2. The Morgan fingerprint density at radius 1 is 0.344 bits per heavy atom. The minimum atomic E-state index is 0.500. The first-order valence-electron chi connectivity index (χ1n) is 36.6. The zero-order valence-corrected chi connectivity index (χ0v) is 66.0. The highest BCUT2D eigenvalue weighted by Crippen LogP contribution is 2.15. The number of aliphatic imine (C=N–C) groups is 2. The van der Waals surface area contributed by atoms with Gasteiger partial charge in [-0.25, -0.2) is 4.40 Å². The van der Waals surface area contributed by atoms with Crippen molar-refractivity contribution in [2.45, 2.75) is 250 Å². The first kappa shape index (κ1) is 115. The monoisotopic (exact) mass is 1340 g/mol. The number of morpholine rings is 1. The zero-order chi connectivity index (χ0) is 70.7. The first-order valence-corrected chi connectivity index (χ1v) is 38.7. The molecule has 0 bridgehead atoms. The van der Waals surface area contributed by atoms with Crippen molar-refractivity contribution in [3.63, 3.8) is 0 Å². The van der Waals surface area contributed by atoms with E-state index in [4.69, 9.17) is 33.2 Å². The molecule has 7 saturated heterocycles. The van der Waals surface area contributed by atoms with Crippen molar-refractivity contribution < 1.29 is 42.7 Å². The Kier molecular flexibility index (Phi) is 201. The topological polar surface area (TPSA) is 205 Å². The van der Waals surface area contributed by atoms with Gasteiger partial charge in [-0.15, -0.1) is 0 Å². The van der Waals surface area contributed by atoms with Gasteiger partial charge in [0.05, 0.1) is 85.6 Å². The summed E-state index contributed by atoms with van der Waals surface area (Å²) in [5.74, 6) is 4.03. The molecule has 0 amide bonds. The summed E-state index contributed by atoms with van der Waals surface area (Å²) in [5.41, 5.74) is 2.79. The fraction of sp³-hybridized carbons (Fsp3) is 0.928. The summed E-state index contributed by atoms with van der Waals surface area (Å²) in [5, 5.41) is 19.5. The van der Waals surface area contributed by atoms with Crippen molar-refractivity contribution in [3.8, 4) is 0 Å². The predicted molar refractivity (Wildman–Crippen MR) is 411 cm³/mol. The van der Waals surface area contributed by atoms with Crippen LogP contribution in [0.5, 0.6) is 0 Å². The Morgan fingerprint density at radius 2 is 0.833 bits per heavy atom. The molecule has 554 valence electrons. The van der Waals surface area contributed by atoms with Crippen molar-refractivity contribution in [1.82, 2.24) is 26.7 Å².